The molecule has 0 fully saturated rings. The first kappa shape index (κ1) is 15.7. The summed E-state index contributed by atoms with van der Waals surface area (Å²) in [6.07, 6.45) is 0. The molecule has 0 amide bonds. The molecule has 1 aromatic carbocycles. The van der Waals surface area contributed by atoms with Gasteiger partial charge in [0.2, 0.25) is 0 Å². The highest BCUT2D eigenvalue weighted by Gasteiger charge is 2.32. The van der Waals surface area contributed by atoms with Crippen molar-refractivity contribution in [1.82, 2.24) is 4.90 Å². The second-order valence-corrected chi connectivity index (χ2v) is 6.14. The molecule has 1 unspecified atom stereocenters. The Bertz CT molecular complexity index is 407. The largest absolute Gasteiger partial charge is 0.459 e. The van der Waals surface area contributed by atoms with Crippen LogP contribution in [0.4, 0.5) is 0 Å². The van der Waals surface area contributed by atoms with Crippen molar-refractivity contribution in [3.05, 3.63) is 35.9 Å². The smallest absolute Gasteiger partial charge is 0.324 e. The Morgan fingerprint density at radius 3 is 2.11 bits per heavy atom. The van der Waals surface area contributed by atoms with Crippen molar-refractivity contribution >= 4 is 5.97 Å². The van der Waals surface area contributed by atoms with Gasteiger partial charge in [-0.3, -0.25) is 9.69 Å². The SMILES string of the molecule is C[C@@H](c1ccccc1)C(C(=O)OC(C)(C)C)N(C)C. The topological polar surface area (TPSA) is 29.5 Å². The maximum Gasteiger partial charge on any atom is 0.324 e. The fraction of sp³-hybridized carbons (Fsp3) is 0.562. The van der Waals surface area contributed by atoms with Gasteiger partial charge in [-0.1, -0.05) is 37.3 Å². The third-order valence-electron chi connectivity index (χ3n) is 3.00. The van der Waals surface area contributed by atoms with E-state index in [1.165, 1.54) is 0 Å². The van der Waals surface area contributed by atoms with Gasteiger partial charge in [0.1, 0.15) is 11.6 Å². The Morgan fingerprint density at radius 1 is 1.16 bits per heavy atom. The summed E-state index contributed by atoms with van der Waals surface area (Å²) in [5, 5.41) is 0. The minimum Gasteiger partial charge on any atom is -0.459 e. The first-order valence-electron chi connectivity index (χ1n) is 6.66. The van der Waals surface area contributed by atoms with Crippen LogP contribution in [-0.4, -0.2) is 36.6 Å². The van der Waals surface area contributed by atoms with Crippen LogP contribution >= 0.6 is 0 Å². The van der Waals surface area contributed by atoms with Crippen LogP contribution in [-0.2, 0) is 9.53 Å². The Morgan fingerprint density at radius 2 is 1.68 bits per heavy atom. The first-order chi connectivity index (χ1) is 8.72. The lowest BCUT2D eigenvalue weighted by Gasteiger charge is -2.31. The molecule has 0 aliphatic rings. The third kappa shape index (κ3) is 4.67. The van der Waals surface area contributed by atoms with Gasteiger partial charge >= 0.3 is 5.97 Å². The van der Waals surface area contributed by atoms with E-state index in [9.17, 15) is 4.79 Å². The normalized spacial score (nSPS) is 15.1. The standard InChI is InChI=1S/C16H25NO2/c1-12(13-10-8-7-9-11-13)14(17(5)6)15(18)19-16(2,3)4/h7-12,14H,1-6H3/t12-,14?/m0/s1. The number of carbonyl (C=O) groups excluding carboxylic acids is 1. The minimum absolute atomic E-state index is 0.0889. The number of esters is 1. The quantitative estimate of drug-likeness (QED) is 0.782. The Balaban J connectivity index is 2.92. The zero-order valence-electron chi connectivity index (χ0n) is 12.8. The van der Waals surface area contributed by atoms with Crippen LogP contribution in [0.15, 0.2) is 30.3 Å². The van der Waals surface area contributed by atoms with E-state index in [0.717, 1.165) is 5.56 Å². The number of ether oxygens (including phenoxy) is 1. The first-order valence-corrected chi connectivity index (χ1v) is 6.66. The lowest BCUT2D eigenvalue weighted by atomic mass is 9.92. The Kier molecular flexibility index (Phi) is 5.12. The van der Waals surface area contributed by atoms with Crippen LogP contribution in [0.1, 0.15) is 39.2 Å². The van der Waals surface area contributed by atoms with E-state index < -0.39 is 5.60 Å². The van der Waals surface area contributed by atoms with E-state index in [1.807, 2.05) is 70.1 Å². The van der Waals surface area contributed by atoms with Crippen molar-refractivity contribution in [2.45, 2.75) is 45.3 Å². The van der Waals surface area contributed by atoms with Gasteiger partial charge in [-0.05, 0) is 40.4 Å². The fourth-order valence-corrected chi connectivity index (χ4v) is 2.16. The lowest BCUT2D eigenvalue weighted by molar-refractivity contribution is -0.161. The lowest BCUT2D eigenvalue weighted by Crippen LogP contribution is -2.43. The molecule has 0 aromatic heterocycles. The Hall–Kier alpha value is -1.35. The molecule has 1 aromatic rings. The van der Waals surface area contributed by atoms with Crippen LogP contribution < -0.4 is 0 Å². The molecular formula is C16H25NO2. The zero-order chi connectivity index (χ0) is 14.6. The highest BCUT2D eigenvalue weighted by Crippen LogP contribution is 2.24. The fourth-order valence-electron chi connectivity index (χ4n) is 2.16. The molecule has 19 heavy (non-hydrogen) atoms. The molecular weight excluding hydrogens is 238 g/mol. The summed E-state index contributed by atoms with van der Waals surface area (Å²) in [6.45, 7) is 7.74. The molecule has 106 valence electrons. The van der Waals surface area contributed by atoms with Gasteiger partial charge in [-0.25, -0.2) is 0 Å². The van der Waals surface area contributed by atoms with Crippen LogP contribution in [0.3, 0.4) is 0 Å². The number of hydrogen-bond acceptors (Lipinski definition) is 3. The van der Waals surface area contributed by atoms with E-state index in [0.29, 0.717) is 0 Å². The van der Waals surface area contributed by atoms with Crippen molar-refractivity contribution in [3.8, 4) is 0 Å². The summed E-state index contributed by atoms with van der Waals surface area (Å²) < 4.78 is 5.52. The maximum absolute atomic E-state index is 12.4. The van der Waals surface area contributed by atoms with Crippen molar-refractivity contribution < 1.29 is 9.53 Å². The van der Waals surface area contributed by atoms with Gasteiger partial charge in [0.25, 0.3) is 0 Å². The molecule has 0 saturated heterocycles. The monoisotopic (exact) mass is 263 g/mol. The summed E-state index contributed by atoms with van der Waals surface area (Å²) in [5.41, 5.74) is 0.689. The van der Waals surface area contributed by atoms with Crippen LogP contribution in [0.2, 0.25) is 0 Å². The summed E-state index contributed by atoms with van der Waals surface area (Å²) in [5.74, 6) is -0.0834. The van der Waals surface area contributed by atoms with E-state index in [2.05, 4.69) is 6.92 Å². The average Bonchev–Trinajstić information content (AvgIpc) is 2.27. The maximum atomic E-state index is 12.4. The van der Waals surface area contributed by atoms with Gasteiger partial charge in [-0.2, -0.15) is 0 Å². The molecule has 1 rings (SSSR count). The second-order valence-electron chi connectivity index (χ2n) is 6.14. The summed E-state index contributed by atoms with van der Waals surface area (Å²) in [7, 11) is 3.82. The summed E-state index contributed by atoms with van der Waals surface area (Å²) >= 11 is 0. The molecule has 0 radical (unpaired) electrons. The molecule has 3 nitrogen and oxygen atoms in total. The van der Waals surface area contributed by atoms with E-state index in [4.69, 9.17) is 4.74 Å². The van der Waals surface area contributed by atoms with Crippen molar-refractivity contribution in [3.63, 3.8) is 0 Å². The molecule has 0 saturated carbocycles. The van der Waals surface area contributed by atoms with Gasteiger partial charge in [0, 0.05) is 5.92 Å². The summed E-state index contributed by atoms with van der Waals surface area (Å²) in [4.78, 5) is 14.3. The number of nitrogens with zero attached hydrogens (tertiary/aromatic N) is 1. The average molecular weight is 263 g/mol. The molecule has 0 N–H and O–H groups in total. The van der Waals surface area contributed by atoms with Crippen molar-refractivity contribution in [1.29, 1.82) is 0 Å². The number of benzene rings is 1. The van der Waals surface area contributed by atoms with Crippen LogP contribution in [0.5, 0.6) is 0 Å². The van der Waals surface area contributed by atoms with E-state index in [-0.39, 0.29) is 17.9 Å². The van der Waals surface area contributed by atoms with Gasteiger partial charge < -0.3 is 4.74 Å². The Labute approximate surface area is 116 Å². The number of likely N-dealkylation sites (N-methyl/N-ethyl adjacent to an activating group) is 1. The van der Waals surface area contributed by atoms with Gasteiger partial charge in [-0.15, -0.1) is 0 Å². The van der Waals surface area contributed by atoms with Gasteiger partial charge in [0.15, 0.2) is 0 Å². The highest BCUT2D eigenvalue weighted by molar-refractivity contribution is 5.77. The molecule has 3 heteroatoms. The number of hydrogen-bond donors (Lipinski definition) is 0. The molecule has 0 aliphatic carbocycles. The minimum atomic E-state index is -0.457. The molecule has 2 atom stereocenters. The van der Waals surface area contributed by atoms with Crippen molar-refractivity contribution in [2.75, 3.05) is 14.1 Å². The molecule has 0 heterocycles. The highest BCUT2D eigenvalue weighted by atomic mass is 16.6. The third-order valence-corrected chi connectivity index (χ3v) is 3.00. The van der Waals surface area contributed by atoms with Crippen LogP contribution in [0, 0.1) is 0 Å². The number of rotatable bonds is 4. The zero-order valence-corrected chi connectivity index (χ0v) is 12.8. The predicted octanol–water partition coefficient (Wildman–Crippen LogP) is 3.06. The van der Waals surface area contributed by atoms with Crippen LogP contribution in [0.25, 0.3) is 0 Å². The van der Waals surface area contributed by atoms with E-state index in [1.54, 1.807) is 0 Å². The van der Waals surface area contributed by atoms with Crippen molar-refractivity contribution in [2.24, 2.45) is 0 Å². The van der Waals surface area contributed by atoms with Gasteiger partial charge in [0.05, 0.1) is 0 Å². The molecule has 0 spiro atoms. The number of carbonyl (C=O) groups is 1. The summed E-state index contributed by atoms with van der Waals surface area (Å²) in [6, 6.07) is 9.79. The predicted molar refractivity (Wildman–Crippen MR) is 78.2 cm³/mol. The molecule has 0 aliphatic heterocycles. The van der Waals surface area contributed by atoms with E-state index >= 15 is 0 Å². The molecule has 0 bridgehead atoms. The second kappa shape index (κ2) is 6.20.